The molecule has 3 unspecified atom stereocenters. The zero-order valence-electron chi connectivity index (χ0n) is 12.7. The third kappa shape index (κ3) is 2.12. The first-order chi connectivity index (χ1) is 8.92. The molecule has 1 N–H and O–H groups in total. The molecule has 1 aromatic heterocycles. The molecule has 3 heteroatoms. The number of hydrogen-bond acceptors (Lipinski definition) is 2. The summed E-state index contributed by atoms with van der Waals surface area (Å²) in [4.78, 5) is 0. The highest BCUT2D eigenvalue weighted by Crippen LogP contribution is 2.62. The van der Waals surface area contributed by atoms with E-state index in [1.54, 1.807) is 0 Å². The van der Waals surface area contributed by atoms with Crippen LogP contribution in [0, 0.1) is 16.7 Å². The van der Waals surface area contributed by atoms with Crippen molar-refractivity contribution in [3.8, 4) is 0 Å². The first kappa shape index (κ1) is 13.2. The molecule has 0 aromatic carbocycles. The molecule has 19 heavy (non-hydrogen) atoms. The Balaban J connectivity index is 1.60. The molecule has 0 spiro atoms. The average Bonchev–Trinajstić information content (AvgIpc) is 2.95. The van der Waals surface area contributed by atoms with Crippen LogP contribution < -0.4 is 5.32 Å². The molecule has 3 nitrogen and oxygen atoms in total. The predicted molar refractivity (Wildman–Crippen MR) is 77.9 cm³/mol. The Hall–Kier alpha value is -0.830. The number of nitrogens with zero attached hydrogens (tertiary/aromatic N) is 2. The van der Waals surface area contributed by atoms with Crippen LogP contribution in [0.25, 0.3) is 0 Å². The molecule has 2 bridgehead atoms. The number of nitrogens with one attached hydrogen (secondary N) is 1. The molecular weight excluding hydrogens is 234 g/mol. The number of hydrogen-bond donors (Lipinski definition) is 1. The lowest BCUT2D eigenvalue weighted by atomic mass is 9.68. The average molecular weight is 261 g/mol. The van der Waals surface area contributed by atoms with Gasteiger partial charge in [0.1, 0.15) is 0 Å². The summed E-state index contributed by atoms with van der Waals surface area (Å²) in [6.07, 6.45) is 7.32. The van der Waals surface area contributed by atoms with E-state index in [0.717, 1.165) is 18.9 Å². The van der Waals surface area contributed by atoms with E-state index in [1.807, 2.05) is 17.9 Å². The number of rotatable bonds is 4. The summed E-state index contributed by atoms with van der Waals surface area (Å²) in [5.74, 6) is 0.921. The maximum atomic E-state index is 4.45. The zero-order chi connectivity index (χ0) is 13.7. The third-order valence-corrected chi connectivity index (χ3v) is 5.77. The molecule has 0 aliphatic heterocycles. The standard InChI is InChI=1S/C16H27N3/c1-15(2)12-5-8-16(3,11-12)14(15)17-9-6-13-7-10-19(4)18-13/h7,10,12,14,17H,5-6,8-9,11H2,1-4H3. The maximum Gasteiger partial charge on any atom is 0.0637 e. The number of aryl methyl sites for hydroxylation is 1. The molecule has 2 aliphatic rings. The molecule has 106 valence electrons. The van der Waals surface area contributed by atoms with Crippen molar-refractivity contribution in [2.75, 3.05) is 6.54 Å². The first-order valence-electron chi connectivity index (χ1n) is 7.64. The highest BCUT2D eigenvalue weighted by molar-refractivity contribution is 5.12. The van der Waals surface area contributed by atoms with Gasteiger partial charge in [-0.05, 0) is 42.1 Å². The molecule has 2 fully saturated rings. The van der Waals surface area contributed by atoms with Crippen LogP contribution in [0.2, 0.25) is 0 Å². The van der Waals surface area contributed by atoms with E-state index in [2.05, 4.69) is 37.3 Å². The largest absolute Gasteiger partial charge is 0.313 e. The van der Waals surface area contributed by atoms with Gasteiger partial charge in [0.05, 0.1) is 5.69 Å². The highest BCUT2D eigenvalue weighted by atomic mass is 15.2. The monoisotopic (exact) mass is 261 g/mol. The smallest absolute Gasteiger partial charge is 0.0637 e. The van der Waals surface area contributed by atoms with Gasteiger partial charge < -0.3 is 5.32 Å². The Kier molecular flexibility index (Phi) is 3.01. The van der Waals surface area contributed by atoms with Crippen molar-refractivity contribution in [2.45, 2.75) is 52.5 Å². The molecule has 0 radical (unpaired) electrons. The molecule has 2 aliphatic carbocycles. The molecule has 1 heterocycles. The minimum Gasteiger partial charge on any atom is -0.313 e. The van der Waals surface area contributed by atoms with Crippen molar-refractivity contribution in [1.29, 1.82) is 0 Å². The van der Waals surface area contributed by atoms with Crippen LogP contribution >= 0.6 is 0 Å². The van der Waals surface area contributed by atoms with Gasteiger partial charge in [-0.2, -0.15) is 5.10 Å². The minimum absolute atomic E-state index is 0.455. The molecule has 1 aromatic rings. The molecular formula is C16H27N3. The lowest BCUT2D eigenvalue weighted by Gasteiger charge is -2.43. The summed E-state index contributed by atoms with van der Waals surface area (Å²) in [6, 6.07) is 2.79. The number of aromatic nitrogens is 2. The van der Waals surface area contributed by atoms with Crippen LogP contribution in [0.15, 0.2) is 12.3 Å². The fourth-order valence-electron chi connectivity index (χ4n) is 4.75. The SMILES string of the molecule is Cn1ccc(CCNC2C3(C)CCC(C3)C2(C)C)n1. The van der Waals surface area contributed by atoms with Gasteiger partial charge in [-0.1, -0.05) is 20.8 Å². The van der Waals surface area contributed by atoms with E-state index in [4.69, 9.17) is 0 Å². The van der Waals surface area contributed by atoms with Crippen LogP contribution in [0.4, 0.5) is 0 Å². The van der Waals surface area contributed by atoms with Crippen molar-refractivity contribution < 1.29 is 0 Å². The van der Waals surface area contributed by atoms with E-state index < -0.39 is 0 Å². The van der Waals surface area contributed by atoms with Crippen LogP contribution in [0.3, 0.4) is 0 Å². The Morgan fingerprint density at radius 3 is 2.79 bits per heavy atom. The van der Waals surface area contributed by atoms with Crippen molar-refractivity contribution >= 4 is 0 Å². The van der Waals surface area contributed by atoms with Crippen molar-refractivity contribution in [1.82, 2.24) is 15.1 Å². The zero-order valence-corrected chi connectivity index (χ0v) is 12.7. The third-order valence-electron chi connectivity index (χ3n) is 5.77. The fraction of sp³-hybridized carbons (Fsp3) is 0.812. The predicted octanol–water partition coefficient (Wildman–Crippen LogP) is 2.77. The van der Waals surface area contributed by atoms with E-state index >= 15 is 0 Å². The van der Waals surface area contributed by atoms with Crippen molar-refractivity contribution in [3.63, 3.8) is 0 Å². The topological polar surface area (TPSA) is 29.9 Å². The summed E-state index contributed by atoms with van der Waals surface area (Å²) < 4.78 is 1.89. The first-order valence-corrected chi connectivity index (χ1v) is 7.64. The Morgan fingerprint density at radius 2 is 2.21 bits per heavy atom. The highest BCUT2D eigenvalue weighted by Gasteiger charge is 2.58. The molecule has 3 rings (SSSR count). The van der Waals surface area contributed by atoms with Gasteiger partial charge in [-0.15, -0.1) is 0 Å². The summed E-state index contributed by atoms with van der Waals surface area (Å²) in [6.45, 7) is 8.45. The van der Waals surface area contributed by atoms with E-state index in [1.165, 1.54) is 25.0 Å². The van der Waals surface area contributed by atoms with E-state index in [9.17, 15) is 0 Å². The van der Waals surface area contributed by atoms with Gasteiger partial charge in [0.2, 0.25) is 0 Å². The summed E-state index contributed by atoms with van der Waals surface area (Å²) in [5.41, 5.74) is 2.18. The lowest BCUT2D eigenvalue weighted by molar-refractivity contribution is 0.110. The van der Waals surface area contributed by atoms with Crippen LogP contribution in [0.5, 0.6) is 0 Å². The van der Waals surface area contributed by atoms with E-state index in [-0.39, 0.29) is 0 Å². The Morgan fingerprint density at radius 1 is 1.42 bits per heavy atom. The van der Waals surface area contributed by atoms with Gasteiger partial charge in [0.15, 0.2) is 0 Å². The van der Waals surface area contributed by atoms with Gasteiger partial charge in [0.25, 0.3) is 0 Å². The second kappa shape index (κ2) is 4.34. The normalized spacial score (nSPS) is 36.0. The van der Waals surface area contributed by atoms with Crippen LogP contribution in [0.1, 0.15) is 45.7 Å². The van der Waals surface area contributed by atoms with Gasteiger partial charge >= 0.3 is 0 Å². The molecule has 3 atom stereocenters. The van der Waals surface area contributed by atoms with Crippen molar-refractivity contribution in [3.05, 3.63) is 18.0 Å². The van der Waals surface area contributed by atoms with E-state index in [0.29, 0.717) is 16.9 Å². The summed E-state index contributed by atoms with van der Waals surface area (Å²) in [5, 5.41) is 8.31. The quantitative estimate of drug-likeness (QED) is 0.903. The molecule has 2 saturated carbocycles. The van der Waals surface area contributed by atoms with Gasteiger partial charge in [0, 0.05) is 32.3 Å². The molecule has 0 amide bonds. The molecule has 0 saturated heterocycles. The second-order valence-electron chi connectivity index (χ2n) is 7.53. The van der Waals surface area contributed by atoms with Gasteiger partial charge in [-0.25, -0.2) is 0 Å². The van der Waals surface area contributed by atoms with Crippen LogP contribution in [-0.2, 0) is 13.5 Å². The fourth-order valence-corrected chi connectivity index (χ4v) is 4.75. The van der Waals surface area contributed by atoms with Crippen molar-refractivity contribution in [2.24, 2.45) is 23.8 Å². The summed E-state index contributed by atoms with van der Waals surface area (Å²) in [7, 11) is 1.98. The van der Waals surface area contributed by atoms with Crippen LogP contribution in [-0.4, -0.2) is 22.4 Å². The summed E-state index contributed by atoms with van der Waals surface area (Å²) >= 11 is 0. The second-order valence-corrected chi connectivity index (χ2v) is 7.53. The Bertz CT molecular complexity index is 458. The lowest BCUT2D eigenvalue weighted by Crippen LogP contribution is -2.50. The maximum absolute atomic E-state index is 4.45. The Labute approximate surface area is 116 Å². The van der Waals surface area contributed by atoms with Gasteiger partial charge in [-0.3, -0.25) is 4.68 Å². The minimum atomic E-state index is 0.455. The number of fused-ring (bicyclic) bond motifs is 2.